The van der Waals surface area contributed by atoms with Crippen molar-refractivity contribution in [3.8, 4) is 0 Å². The summed E-state index contributed by atoms with van der Waals surface area (Å²) in [6, 6.07) is 6.47. The van der Waals surface area contributed by atoms with Crippen molar-refractivity contribution in [3.63, 3.8) is 0 Å². The molecule has 5 heteroatoms. The first kappa shape index (κ1) is 16.7. The highest BCUT2D eigenvalue weighted by Gasteiger charge is 2.22. The van der Waals surface area contributed by atoms with Crippen molar-refractivity contribution in [2.75, 3.05) is 37.8 Å². The summed E-state index contributed by atoms with van der Waals surface area (Å²) in [6.45, 7) is 8.54. The van der Waals surface area contributed by atoms with Gasteiger partial charge in [0, 0.05) is 23.2 Å². The van der Waals surface area contributed by atoms with Crippen LogP contribution in [0.25, 0.3) is 0 Å². The first-order valence-corrected chi connectivity index (χ1v) is 8.35. The van der Waals surface area contributed by atoms with Crippen LogP contribution in [0.5, 0.6) is 0 Å². The van der Waals surface area contributed by atoms with Crippen LogP contribution < -0.4 is 10.2 Å². The topological polar surface area (TPSA) is 44.7 Å². The molecular formula is C16H25BrN2O2. The summed E-state index contributed by atoms with van der Waals surface area (Å²) in [5.41, 5.74) is 2.39. The zero-order chi connectivity index (χ0) is 15.2. The molecule has 2 N–H and O–H groups in total. The summed E-state index contributed by atoms with van der Waals surface area (Å²) in [5, 5.41) is 12.9. The van der Waals surface area contributed by atoms with E-state index < -0.39 is 0 Å². The first-order valence-electron chi connectivity index (χ1n) is 7.56. The van der Waals surface area contributed by atoms with E-state index in [0.717, 1.165) is 29.8 Å². The molecule has 0 amide bonds. The molecule has 1 heterocycles. The Morgan fingerprint density at radius 3 is 2.95 bits per heavy atom. The number of rotatable bonds is 6. The number of nitrogens with zero attached hydrogens (tertiary/aromatic N) is 1. The molecule has 0 aromatic heterocycles. The number of morpholine rings is 1. The molecule has 1 aliphatic heterocycles. The smallest absolute Gasteiger partial charge is 0.0755 e. The summed E-state index contributed by atoms with van der Waals surface area (Å²) in [5.74, 6) is 0.654. The van der Waals surface area contributed by atoms with Crippen LogP contribution in [0.1, 0.15) is 19.4 Å². The van der Waals surface area contributed by atoms with Gasteiger partial charge in [0.1, 0.15) is 0 Å². The van der Waals surface area contributed by atoms with Gasteiger partial charge in [0.05, 0.1) is 25.9 Å². The summed E-state index contributed by atoms with van der Waals surface area (Å²) >= 11 is 3.66. The second-order valence-corrected chi connectivity index (χ2v) is 6.76. The third-order valence-electron chi connectivity index (χ3n) is 3.67. The third-order valence-corrected chi connectivity index (χ3v) is 4.41. The molecule has 0 spiro atoms. The maximum absolute atomic E-state index is 9.47. The van der Waals surface area contributed by atoms with Gasteiger partial charge in [-0.1, -0.05) is 35.8 Å². The fourth-order valence-corrected chi connectivity index (χ4v) is 3.01. The number of hydrogen-bond acceptors (Lipinski definition) is 4. The quantitative estimate of drug-likeness (QED) is 0.821. The fraction of sp³-hybridized carbons (Fsp3) is 0.625. The normalized spacial score (nSPS) is 19.3. The molecule has 1 saturated heterocycles. The molecule has 1 atom stereocenters. The average Bonchev–Trinajstić information content (AvgIpc) is 2.48. The van der Waals surface area contributed by atoms with Gasteiger partial charge in [0.25, 0.3) is 0 Å². The van der Waals surface area contributed by atoms with Crippen LogP contribution in [0, 0.1) is 5.92 Å². The molecular weight excluding hydrogens is 332 g/mol. The molecule has 2 rings (SSSR count). The molecule has 0 aliphatic carbocycles. The second-order valence-electron chi connectivity index (χ2n) is 5.91. The number of benzene rings is 1. The summed E-state index contributed by atoms with van der Waals surface area (Å²) < 4.78 is 6.54. The summed E-state index contributed by atoms with van der Waals surface area (Å²) in [4.78, 5) is 2.22. The number of nitrogens with one attached hydrogen (secondary N) is 1. The summed E-state index contributed by atoms with van der Waals surface area (Å²) in [7, 11) is 0. The van der Waals surface area contributed by atoms with Crippen molar-refractivity contribution >= 4 is 21.6 Å². The predicted octanol–water partition coefficient (Wildman–Crippen LogP) is 2.39. The van der Waals surface area contributed by atoms with E-state index >= 15 is 0 Å². The van der Waals surface area contributed by atoms with Crippen molar-refractivity contribution in [3.05, 3.63) is 28.2 Å². The highest BCUT2D eigenvalue weighted by molar-refractivity contribution is 9.10. The zero-order valence-electron chi connectivity index (χ0n) is 12.8. The molecule has 1 aromatic rings. The van der Waals surface area contributed by atoms with Gasteiger partial charge in [0.15, 0.2) is 0 Å². The maximum atomic E-state index is 9.47. The van der Waals surface area contributed by atoms with Crippen molar-refractivity contribution in [1.29, 1.82) is 0 Å². The second kappa shape index (κ2) is 8.13. The zero-order valence-corrected chi connectivity index (χ0v) is 14.4. The van der Waals surface area contributed by atoms with Crippen molar-refractivity contribution in [2.45, 2.75) is 26.4 Å². The minimum absolute atomic E-state index is 0.0514. The van der Waals surface area contributed by atoms with E-state index in [9.17, 15) is 5.11 Å². The third kappa shape index (κ3) is 4.68. The van der Waals surface area contributed by atoms with Gasteiger partial charge >= 0.3 is 0 Å². The lowest BCUT2D eigenvalue weighted by Crippen LogP contribution is -2.47. The van der Waals surface area contributed by atoms with E-state index in [-0.39, 0.29) is 12.6 Å². The van der Waals surface area contributed by atoms with Gasteiger partial charge in [0.2, 0.25) is 0 Å². The standard InChI is InChI=1S/C16H25BrN2O2/c1-12(2)8-18-9-13-3-4-14(7-16(13)17)19-5-6-21-11-15(19)10-20/h3-4,7,12,15,18,20H,5-6,8-11H2,1-2H3. The van der Waals surface area contributed by atoms with Crippen LogP contribution in [0.2, 0.25) is 0 Å². The van der Waals surface area contributed by atoms with Crippen LogP contribution in [-0.4, -0.2) is 44.1 Å². The van der Waals surface area contributed by atoms with E-state index in [1.165, 1.54) is 5.56 Å². The van der Waals surface area contributed by atoms with Gasteiger partial charge in [-0.25, -0.2) is 0 Å². The minimum Gasteiger partial charge on any atom is -0.394 e. The van der Waals surface area contributed by atoms with Gasteiger partial charge in [-0.15, -0.1) is 0 Å². The Morgan fingerprint density at radius 1 is 1.48 bits per heavy atom. The van der Waals surface area contributed by atoms with E-state index in [1.807, 2.05) is 0 Å². The lowest BCUT2D eigenvalue weighted by molar-refractivity contribution is 0.0727. The Morgan fingerprint density at radius 2 is 2.29 bits per heavy atom. The minimum atomic E-state index is 0.0514. The van der Waals surface area contributed by atoms with Crippen molar-refractivity contribution in [1.82, 2.24) is 5.32 Å². The molecule has 118 valence electrons. The average molecular weight is 357 g/mol. The Hall–Kier alpha value is -0.620. The van der Waals surface area contributed by atoms with Crippen LogP contribution in [0.4, 0.5) is 5.69 Å². The van der Waals surface area contributed by atoms with Gasteiger partial charge in [-0.05, 0) is 30.2 Å². The number of anilines is 1. The SMILES string of the molecule is CC(C)CNCc1ccc(N2CCOCC2CO)cc1Br. The molecule has 1 aromatic carbocycles. The van der Waals surface area contributed by atoms with Crippen molar-refractivity contribution in [2.24, 2.45) is 5.92 Å². The maximum Gasteiger partial charge on any atom is 0.0755 e. The molecule has 0 radical (unpaired) electrons. The van der Waals surface area contributed by atoms with Gasteiger partial charge < -0.3 is 20.1 Å². The van der Waals surface area contributed by atoms with E-state index in [0.29, 0.717) is 19.1 Å². The molecule has 1 unspecified atom stereocenters. The van der Waals surface area contributed by atoms with E-state index in [2.05, 4.69) is 58.2 Å². The highest BCUT2D eigenvalue weighted by Crippen LogP contribution is 2.26. The predicted molar refractivity (Wildman–Crippen MR) is 89.7 cm³/mol. The van der Waals surface area contributed by atoms with Gasteiger partial charge in [-0.2, -0.15) is 0 Å². The highest BCUT2D eigenvalue weighted by atomic mass is 79.9. The Labute approximate surface area is 135 Å². The number of aliphatic hydroxyl groups is 1. The molecule has 1 aliphatic rings. The number of hydrogen-bond donors (Lipinski definition) is 2. The fourth-order valence-electron chi connectivity index (χ4n) is 2.50. The lowest BCUT2D eigenvalue weighted by Gasteiger charge is -2.36. The Balaban J connectivity index is 2.03. The number of ether oxygens (including phenoxy) is 1. The largest absolute Gasteiger partial charge is 0.394 e. The Bertz CT molecular complexity index is 454. The van der Waals surface area contributed by atoms with E-state index in [4.69, 9.17) is 4.74 Å². The molecule has 0 saturated carbocycles. The Kier molecular flexibility index (Phi) is 6.48. The molecule has 1 fully saturated rings. The number of halogens is 1. The molecule has 21 heavy (non-hydrogen) atoms. The van der Waals surface area contributed by atoms with Crippen molar-refractivity contribution < 1.29 is 9.84 Å². The van der Waals surface area contributed by atoms with Crippen LogP contribution in [0.15, 0.2) is 22.7 Å². The van der Waals surface area contributed by atoms with Crippen LogP contribution >= 0.6 is 15.9 Å². The van der Waals surface area contributed by atoms with Crippen LogP contribution in [-0.2, 0) is 11.3 Å². The van der Waals surface area contributed by atoms with Crippen LogP contribution in [0.3, 0.4) is 0 Å². The summed E-state index contributed by atoms with van der Waals surface area (Å²) in [6.07, 6.45) is 0. The molecule has 4 nitrogen and oxygen atoms in total. The first-order chi connectivity index (χ1) is 10.1. The molecule has 0 bridgehead atoms. The lowest BCUT2D eigenvalue weighted by atomic mass is 10.1. The van der Waals surface area contributed by atoms with E-state index in [1.54, 1.807) is 0 Å². The monoisotopic (exact) mass is 356 g/mol. The number of aliphatic hydroxyl groups excluding tert-OH is 1. The van der Waals surface area contributed by atoms with Gasteiger partial charge in [-0.3, -0.25) is 0 Å².